The van der Waals surface area contributed by atoms with Crippen LogP contribution < -0.4 is 20.3 Å². The highest BCUT2D eigenvalue weighted by Gasteiger charge is 2.60. The quantitative estimate of drug-likeness (QED) is 0.890. The minimum absolute atomic E-state index is 0.0832. The van der Waals surface area contributed by atoms with Gasteiger partial charge in [0.25, 0.3) is 0 Å². The van der Waals surface area contributed by atoms with E-state index in [1.54, 1.807) is 11.9 Å². The Labute approximate surface area is 142 Å². The summed E-state index contributed by atoms with van der Waals surface area (Å²) in [7, 11) is 1.66. The van der Waals surface area contributed by atoms with E-state index >= 15 is 0 Å². The van der Waals surface area contributed by atoms with E-state index in [4.69, 9.17) is 4.74 Å². The number of hydrogen-bond donors (Lipinski definition) is 2. The van der Waals surface area contributed by atoms with E-state index < -0.39 is 0 Å². The Kier molecular flexibility index (Phi) is 3.62. The van der Waals surface area contributed by atoms with Crippen molar-refractivity contribution in [2.45, 2.75) is 31.2 Å². The molecule has 1 fully saturated rings. The molecule has 6 heteroatoms. The highest BCUT2D eigenvalue weighted by atomic mass is 16.5. The van der Waals surface area contributed by atoms with Crippen molar-refractivity contribution < 1.29 is 9.53 Å². The highest BCUT2D eigenvalue weighted by Crippen LogP contribution is 2.63. The molecule has 1 aliphatic carbocycles. The molecule has 1 aromatic carbocycles. The Morgan fingerprint density at radius 1 is 1.54 bits per heavy atom. The zero-order chi connectivity index (χ0) is 16.7. The minimum Gasteiger partial charge on any atom is -0.493 e. The molecule has 1 spiro atoms. The van der Waals surface area contributed by atoms with Crippen molar-refractivity contribution >= 4 is 18.1 Å². The number of carbonyl (C=O) groups is 1. The summed E-state index contributed by atoms with van der Waals surface area (Å²) in [6.07, 6.45) is 4.02. The molecule has 3 atom stereocenters. The van der Waals surface area contributed by atoms with E-state index in [0.29, 0.717) is 18.5 Å². The standard InChI is InChI=1S/C18H24N4O2/c1-3-22(17(23)19-2)12-4-5-16-13(8-12)18(6-7-24-16)9-14(18)15-10-20-11-21-15/h4-5,8,11,14-15H,3,6-7,9-10H2,1-2H3,(H,19,23)(H,20,21). The lowest BCUT2D eigenvalue weighted by atomic mass is 9.85. The largest absolute Gasteiger partial charge is 0.493 e. The minimum atomic E-state index is -0.0832. The first-order valence-electron chi connectivity index (χ1n) is 8.71. The Bertz CT molecular complexity index is 690. The van der Waals surface area contributed by atoms with Crippen molar-refractivity contribution in [1.29, 1.82) is 0 Å². The van der Waals surface area contributed by atoms with Gasteiger partial charge in [-0.15, -0.1) is 0 Å². The molecule has 1 saturated carbocycles. The molecule has 0 radical (unpaired) electrons. The van der Waals surface area contributed by atoms with E-state index in [-0.39, 0.29) is 11.4 Å². The molecule has 3 aliphatic rings. The van der Waals surface area contributed by atoms with Crippen LogP contribution in [0.3, 0.4) is 0 Å². The van der Waals surface area contributed by atoms with Gasteiger partial charge in [0.05, 0.1) is 19.0 Å². The number of hydrogen-bond acceptors (Lipinski definition) is 4. The van der Waals surface area contributed by atoms with Crippen LogP contribution in [0.5, 0.6) is 5.75 Å². The number of carbonyl (C=O) groups excluding carboxylic acids is 1. The molecule has 2 amide bonds. The molecular formula is C18H24N4O2. The summed E-state index contributed by atoms with van der Waals surface area (Å²) in [5.74, 6) is 1.53. The zero-order valence-electron chi connectivity index (χ0n) is 14.2. The van der Waals surface area contributed by atoms with Crippen molar-refractivity contribution in [3.05, 3.63) is 23.8 Å². The maximum atomic E-state index is 12.1. The third-order valence-electron chi connectivity index (χ3n) is 5.67. The van der Waals surface area contributed by atoms with Gasteiger partial charge in [-0.1, -0.05) is 0 Å². The Morgan fingerprint density at radius 3 is 3.12 bits per heavy atom. The normalized spacial score (nSPS) is 29.6. The van der Waals surface area contributed by atoms with Gasteiger partial charge in [0.2, 0.25) is 0 Å². The van der Waals surface area contributed by atoms with Crippen molar-refractivity contribution in [1.82, 2.24) is 10.6 Å². The van der Waals surface area contributed by atoms with Crippen LogP contribution in [0.1, 0.15) is 25.3 Å². The van der Waals surface area contributed by atoms with E-state index in [1.807, 2.05) is 25.4 Å². The predicted octanol–water partition coefficient (Wildman–Crippen LogP) is 1.89. The third kappa shape index (κ3) is 2.24. The first-order valence-corrected chi connectivity index (χ1v) is 8.71. The number of aliphatic imine (C=N–C) groups is 1. The van der Waals surface area contributed by atoms with Crippen LogP contribution in [0.4, 0.5) is 10.5 Å². The maximum Gasteiger partial charge on any atom is 0.321 e. The molecule has 1 aromatic rings. The Hall–Kier alpha value is -2.24. The van der Waals surface area contributed by atoms with Gasteiger partial charge in [0.15, 0.2) is 0 Å². The average molecular weight is 328 g/mol. The summed E-state index contributed by atoms with van der Waals surface area (Å²) in [5, 5.41) is 5.93. The smallest absolute Gasteiger partial charge is 0.321 e. The summed E-state index contributed by atoms with van der Waals surface area (Å²) in [6, 6.07) is 6.42. The zero-order valence-corrected chi connectivity index (χ0v) is 14.2. The molecule has 128 valence electrons. The SMILES string of the molecule is CCN(C(=O)NC)c1ccc2c(c1)C1(CCO2)CC1C1CNC=N1. The summed E-state index contributed by atoms with van der Waals surface area (Å²) in [5.41, 5.74) is 2.35. The van der Waals surface area contributed by atoms with Gasteiger partial charge < -0.3 is 15.4 Å². The molecule has 4 rings (SSSR count). The van der Waals surface area contributed by atoms with Crippen molar-refractivity contribution in [2.24, 2.45) is 10.9 Å². The monoisotopic (exact) mass is 328 g/mol. The highest BCUT2D eigenvalue weighted by molar-refractivity contribution is 5.92. The number of nitrogens with one attached hydrogen (secondary N) is 2. The van der Waals surface area contributed by atoms with Gasteiger partial charge in [0, 0.05) is 36.8 Å². The summed E-state index contributed by atoms with van der Waals surface area (Å²) in [4.78, 5) is 18.5. The number of ether oxygens (including phenoxy) is 1. The predicted molar refractivity (Wildman–Crippen MR) is 94.1 cm³/mol. The van der Waals surface area contributed by atoms with Crippen molar-refractivity contribution in [2.75, 3.05) is 31.6 Å². The number of benzene rings is 1. The second kappa shape index (κ2) is 5.69. The third-order valence-corrected chi connectivity index (χ3v) is 5.67. The molecule has 2 aliphatic heterocycles. The molecule has 24 heavy (non-hydrogen) atoms. The van der Waals surface area contributed by atoms with Crippen LogP contribution in [0.25, 0.3) is 0 Å². The second-order valence-corrected chi connectivity index (χ2v) is 6.80. The lowest BCUT2D eigenvalue weighted by molar-refractivity contribution is 0.247. The summed E-state index contributed by atoms with van der Waals surface area (Å²) >= 11 is 0. The van der Waals surface area contributed by atoms with E-state index in [2.05, 4.69) is 21.7 Å². The number of urea groups is 1. The van der Waals surface area contributed by atoms with Crippen LogP contribution >= 0.6 is 0 Å². The first kappa shape index (κ1) is 15.3. The average Bonchev–Trinajstić information content (AvgIpc) is 3.07. The van der Waals surface area contributed by atoms with Gasteiger partial charge in [-0.3, -0.25) is 9.89 Å². The van der Waals surface area contributed by atoms with Gasteiger partial charge >= 0.3 is 6.03 Å². The molecule has 0 saturated heterocycles. The Balaban J connectivity index is 1.68. The van der Waals surface area contributed by atoms with Gasteiger partial charge in [0.1, 0.15) is 5.75 Å². The maximum absolute atomic E-state index is 12.1. The van der Waals surface area contributed by atoms with E-state index in [9.17, 15) is 4.79 Å². The lowest BCUT2D eigenvalue weighted by Gasteiger charge is -2.30. The van der Waals surface area contributed by atoms with Crippen LogP contribution in [0, 0.1) is 5.92 Å². The van der Waals surface area contributed by atoms with Crippen LogP contribution in [-0.4, -0.2) is 45.2 Å². The van der Waals surface area contributed by atoms with Gasteiger partial charge in [-0.05, 0) is 43.9 Å². The van der Waals surface area contributed by atoms with Crippen LogP contribution in [0.2, 0.25) is 0 Å². The van der Waals surface area contributed by atoms with Crippen molar-refractivity contribution in [3.8, 4) is 5.75 Å². The fourth-order valence-corrected chi connectivity index (χ4v) is 4.31. The van der Waals surface area contributed by atoms with E-state index in [1.165, 1.54) is 5.56 Å². The summed E-state index contributed by atoms with van der Waals surface area (Å²) < 4.78 is 5.89. The number of anilines is 1. The van der Waals surface area contributed by atoms with Crippen LogP contribution in [-0.2, 0) is 5.41 Å². The van der Waals surface area contributed by atoms with Crippen LogP contribution in [0.15, 0.2) is 23.2 Å². The molecule has 3 unspecified atom stereocenters. The molecule has 0 aromatic heterocycles. The van der Waals surface area contributed by atoms with Gasteiger partial charge in [-0.25, -0.2) is 4.79 Å². The number of fused-ring (bicyclic) bond motifs is 2. The molecule has 0 bridgehead atoms. The summed E-state index contributed by atoms with van der Waals surface area (Å²) in [6.45, 7) is 4.31. The van der Waals surface area contributed by atoms with Crippen molar-refractivity contribution in [3.63, 3.8) is 0 Å². The lowest BCUT2D eigenvalue weighted by Crippen LogP contribution is -2.38. The fourth-order valence-electron chi connectivity index (χ4n) is 4.31. The number of amides is 2. The topological polar surface area (TPSA) is 66.0 Å². The van der Waals surface area contributed by atoms with E-state index in [0.717, 1.165) is 37.4 Å². The number of nitrogens with zero attached hydrogens (tertiary/aromatic N) is 2. The van der Waals surface area contributed by atoms with Gasteiger partial charge in [-0.2, -0.15) is 0 Å². The Morgan fingerprint density at radius 2 is 2.42 bits per heavy atom. The fraction of sp³-hybridized carbons (Fsp3) is 0.556. The molecule has 6 nitrogen and oxygen atoms in total. The first-order chi connectivity index (χ1) is 11.7. The molecule has 2 heterocycles. The second-order valence-electron chi connectivity index (χ2n) is 6.80. The number of rotatable bonds is 3. The molecule has 2 N–H and O–H groups in total. The molecular weight excluding hydrogens is 304 g/mol.